The highest BCUT2D eigenvalue weighted by atomic mass is 35.5. The lowest BCUT2D eigenvalue weighted by Crippen LogP contribution is -1.96. The first-order valence-electron chi connectivity index (χ1n) is 4.48. The first-order chi connectivity index (χ1) is 7.34. The molecule has 2 rings (SSSR count). The Morgan fingerprint density at radius 3 is 2.60 bits per heavy atom. The fourth-order valence-corrected chi connectivity index (χ4v) is 1.23. The Bertz CT molecular complexity index is 416. The molecule has 76 valence electrons. The largest absolute Gasteiger partial charge is 0.473 e. The van der Waals surface area contributed by atoms with E-state index in [4.69, 9.17) is 16.3 Å². The second-order valence-electron chi connectivity index (χ2n) is 2.96. The van der Waals surface area contributed by atoms with Crippen molar-refractivity contribution >= 4 is 11.6 Å². The van der Waals surface area contributed by atoms with Gasteiger partial charge in [0.2, 0.25) is 5.88 Å². The number of halogens is 1. The van der Waals surface area contributed by atoms with E-state index in [-0.39, 0.29) is 0 Å². The van der Waals surface area contributed by atoms with Gasteiger partial charge in [-0.05, 0) is 17.7 Å². The number of ether oxygens (including phenoxy) is 1. The van der Waals surface area contributed by atoms with Crippen LogP contribution in [0.3, 0.4) is 0 Å². The highest BCUT2D eigenvalue weighted by Gasteiger charge is 1.96. The van der Waals surface area contributed by atoms with Gasteiger partial charge in [0.05, 0.1) is 0 Å². The Morgan fingerprint density at radius 2 is 1.93 bits per heavy atom. The normalized spacial score (nSPS) is 9.93. The zero-order chi connectivity index (χ0) is 10.5. The SMILES string of the molecule is Clc1ccc(COc2ccncn2)cc1. The molecular formula is C11H9ClN2O. The van der Waals surface area contributed by atoms with Crippen LogP contribution < -0.4 is 4.74 Å². The molecule has 0 amide bonds. The van der Waals surface area contributed by atoms with E-state index in [0.29, 0.717) is 12.5 Å². The van der Waals surface area contributed by atoms with Gasteiger partial charge in [0.25, 0.3) is 0 Å². The molecule has 2 aromatic rings. The molecule has 1 aromatic heterocycles. The lowest BCUT2D eigenvalue weighted by molar-refractivity contribution is 0.293. The number of benzene rings is 1. The van der Waals surface area contributed by atoms with Crippen LogP contribution in [0.2, 0.25) is 5.02 Å². The van der Waals surface area contributed by atoms with E-state index in [2.05, 4.69) is 9.97 Å². The maximum absolute atomic E-state index is 5.77. The van der Waals surface area contributed by atoms with Crippen LogP contribution in [0.5, 0.6) is 5.88 Å². The van der Waals surface area contributed by atoms with E-state index in [9.17, 15) is 0 Å². The van der Waals surface area contributed by atoms with Crippen molar-refractivity contribution in [1.29, 1.82) is 0 Å². The van der Waals surface area contributed by atoms with Gasteiger partial charge in [-0.2, -0.15) is 0 Å². The van der Waals surface area contributed by atoms with Crippen LogP contribution in [-0.2, 0) is 6.61 Å². The third-order valence-corrected chi connectivity index (χ3v) is 2.11. The van der Waals surface area contributed by atoms with Crippen molar-refractivity contribution in [2.24, 2.45) is 0 Å². The van der Waals surface area contributed by atoms with Crippen molar-refractivity contribution in [2.45, 2.75) is 6.61 Å². The number of nitrogens with zero attached hydrogens (tertiary/aromatic N) is 2. The Balaban J connectivity index is 1.96. The van der Waals surface area contributed by atoms with Gasteiger partial charge in [0.15, 0.2) is 0 Å². The summed E-state index contributed by atoms with van der Waals surface area (Å²) >= 11 is 5.77. The fourth-order valence-electron chi connectivity index (χ4n) is 1.10. The summed E-state index contributed by atoms with van der Waals surface area (Å²) in [6.07, 6.45) is 3.10. The summed E-state index contributed by atoms with van der Waals surface area (Å²) in [6.45, 7) is 0.480. The van der Waals surface area contributed by atoms with Crippen molar-refractivity contribution in [1.82, 2.24) is 9.97 Å². The first kappa shape index (κ1) is 9.93. The third-order valence-electron chi connectivity index (χ3n) is 1.85. The lowest BCUT2D eigenvalue weighted by Gasteiger charge is -2.04. The van der Waals surface area contributed by atoms with Crippen LogP contribution in [0.1, 0.15) is 5.56 Å². The van der Waals surface area contributed by atoms with Crippen LogP contribution in [0.25, 0.3) is 0 Å². The molecular weight excluding hydrogens is 212 g/mol. The van der Waals surface area contributed by atoms with Gasteiger partial charge in [-0.3, -0.25) is 0 Å². The van der Waals surface area contributed by atoms with Crippen molar-refractivity contribution < 1.29 is 4.74 Å². The van der Waals surface area contributed by atoms with Gasteiger partial charge in [0, 0.05) is 17.3 Å². The molecule has 0 radical (unpaired) electrons. The molecule has 0 fully saturated rings. The summed E-state index contributed by atoms with van der Waals surface area (Å²) in [4.78, 5) is 7.76. The van der Waals surface area contributed by atoms with Crippen LogP contribution in [0.4, 0.5) is 0 Å². The summed E-state index contributed by atoms with van der Waals surface area (Å²) in [6, 6.07) is 9.23. The minimum Gasteiger partial charge on any atom is -0.473 e. The molecule has 0 saturated heterocycles. The Morgan fingerprint density at radius 1 is 1.13 bits per heavy atom. The third kappa shape index (κ3) is 2.92. The van der Waals surface area contributed by atoms with Crippen molar-refractivity contribution in [2.75, 3.05) is 0 Å². The van der Waals surface area contributed by atoms with Crippen molar-refractivity contribution in [3.8, 4) is 5.88 Å². The van der Waals surface area contributed by atoms with Crippen LogP contribution >= 0.6 is 11.6 Å². The van der Waals surface area contributed by atoms with Gasteiger partial charge < -0.3 is 4.74 Å². The second kappa shape index (κ2) is 4.75. The second-order valence-corrected chi connectivity index (χ2v) is 3.40. The van der Waals surface area contributed by atoms with Gasteiger partial charge in [0.1, 0.15) is 12.9 Å². The van der Waals surface area contributed by atoms with E-state index >= 15 is 0 Å². The Labute approximate surface area is 92.7 Å². The highest BCUT2D eigenvalue weighted by molar-refractivity contribution is 6.30. The van der Waals surface area contributed by atoms with Crippen LogP contribution in [-0.4, -0.2) is 9.97 Å². The highest BCUT2D eigenvalue weighted by Crippen LogP contribution is 2.11. The van der Waals surface area contributed by atoms with Gasteiger partial charge >= 0.3 is 0 Å². The Kier molecular flexibility index (Phi) is 3.15. The summed E-state index contributed by atoms with van der Waals surface area (Å²) < 4.78 is 5.44. The van der Waals surface area contributed by atoms with Crippen LogP contribution in [0, 0.1) is 0 Å². The van der Waals surface area contributed by atoms with E-state index in [1.165, 1.54) is 6.33 Å². The Hall–Kier alpha value is -1.61. The molecule has 0 bridgehead atoms. The molecule has 0 saturated carbocycles. The molecule has 0 unspecified atom stereocenters. The van der Waals surface area contributed by atoms with E-state index in [0.717, 1.165) is 10.6 Å². The molecule has 3 nitrogen and oxygen atoms in total. The van der Waals surface area contributed by atoms with Crippen molar-refractivity contribution in [3.63, 3.8) is 0 Å². The minimum absolute atomic E-state index is 0.480. The summed E-state index contributed by atoms with van der Waals surface area (Å²) in [5.74, 6) is 0.569. The predicted octanol–water partition coefficient (Wildman–Crippen LogP) is 2.71. The predicted molar refractivity (Wildman–Crippen MR) is 57.8 cm³/mol. The summed E-state index contributed by atoms with van der Waals surface area (Å²) in [5.41, 5.74) is 1.05. The molecule has 0 N–H and O–H groups in total. The summed E-state index contributed by atoms with van der Waals surface area (Å²) in [7, 11) is 0. The topological polar surface area (TPSA) is 35.0 Å². The average Bonchev–Trinajstić information content (AvgIpc) is 2.30. The quantitative estimate of drug-likeness (QED) is 0.798. The molecule has 4 heteroatoms. The fraction of sp³-hybridized carbons (Fsp3) is 0.0909. The van der Waals surface area contributed by atoms with E-state index < -0.39 is 0 Å². The summed E-state index contributed by atoms with van der Waals surface area (Å²) in [5, 5.41) is 0.723. The molecule has 0 aliphatic carbocycles. The zero-order valence-corrected chi connectivity index (χ0v) is 8.69. The average molecular weight is 221 g/mol. The monoisotopic (exact) mass is 220 g/mol. The molecule has 0 aliphatic heterocycles. The number of rotatable bonds is 3. The smallest absolute Gasteiger partial charge is 0.216 e. The van der Waals surface area contributed by atoms with Gasteiger partial charge in [-0.1, -0.05) is 23.7 Å². The molecule has 0 atom stereocenters. The zero-order valence-electron chi connectivity index (χ0n) is 7.93. The molecule has 1 aromatic carbocycles. The van der Waals surface area contributed by atoms with E-state index in [1.807, 2.05) is 24.3 Å². The molecule has 15 heavy (non-hydrogen) atoms. The molecule has 1 heterocycles. The van der Waals surface area contributed by atoms with Crippen molar-refractivity contribution in [3.05, 3.63) is 53.4 Å². The van der Waals surface area contributed by atoms with E-state index in [1.54, 1.807) is 12.3 Å². The molecule has 0 aliphatic rings. The lowest BCUT2D eigenvalue weighted by atomic mass is 10.2. The van der Waals surface area contributed by atoms with Gasteiger partial charge in [-0.15, -0.1) is 0 Å². The maximum Gasteiger partial charge on any atom is 0.216 e. The first-order valence-corrected chi connectivity index (χ1v) is 4.85. The van der Waals surface area contributed by atoms with Gasteiger partial charge in [-0.25, -0.2) is 9.97 Å². The number of hydrogen-bond acceptors (Lipinski definition) is 3. The van der Waals surface area contributed by atoms with Crippen LogP contribution in [0.15, 0.2) is 42.9 Å². The molecule has 0 spiro atoms. The number of hydrogen-bond donors (Lipinski definition) is 0. The minimum atomic E-state index is 0.480. The number of aromatic nitrogens is 2. The standard InChI is InChI=1S/C11H9ClN2O/c12-10-3-1-9(2-4-10)7-15-11-5-6-13-8-14-11/h1-6,8H,7H2. The maximum atomic E-state index is 5.77.